The second-order valence-corrected chi connectivity index (χ2v) is 7.73. The smallest absolute Gasteiger partial charge is 0.250 e. The van der Waals surface area contributed by atoms with E-state index < -0.39 is 7.42 Å². The molecule has 1 fully saturated rings. The molecule has 1 aliphatic heterocycles. The Morgan fingerprint density at radius 2 is 1.70 bits per heavy atom. The Morgan fingerprint density at radius 3 is 2.20 bits per heavy atom. The summed E-state index contributed by atoms with van der Waals surface area (Å²) >= 11 is 11.5. The van der Waals surface area contributed by atoms with Crippen LogP contribution in [0.1, 0.15) is 19.3 Å². The Balaban J connectivity index is 2.13. The summed E-state index contributed by atoms with van der Waals surface area (Å²) in [5.74, 6) is 0. The van der Waals surface area contributed by atoms with Gasteiger partial charge >= 0.3 is 0 Å². The summed E-state index contributed by atoms with van der Waals surface area (Å²) in [7, 11) is -1.37. The van der Waals surface area contributed by atoms with Gasteiger partial charge in [0.15, 0.2) is 0 Å². The van der Waals surface area contributed by atoms with E-state index in [-0.39, 0.29) is 0 Å². The number of hydrogen-bond donors (Lipinski definition) is 0. The highest BCUT2D eigenvalue weighted by molar-refractivity contribution is 7.33. The average Bonchev–Trinajstić information content (AvgIpc) is 1.88. The van der Waals surface area contributed by atoms with Gasteiger partial charge in [-0.3, -0.25) is 0 Å². The fourth-order valence-electron chi connectivity index (χ4n) is 1.34. The molecule has 1 saturated heterocycles. The third-order valence-corrected chi connectivity index (χ3v) is 3.47. The van der Waals surface area contributed by atoms with Crippen molar-refractivity contribution < 1.29 is 0 Å². The fourth-order valence-corrected chi connectivity index (χ4v) is 3.26. The van der Waals surface area contributed by atoms with Gasteiger partial charge in [-0.15, -0.1) is 22.2 Å². The molecule has 4 heteroatoms. The van der Waals surface area contributed by atoms with Crippen molar-refractivity contribution in [2.75, 3.05) is 19.3 Å². The molecule has 1 nitrogen and oxygen atoms in total. The highest BCUT2D eigenvalue weighted by atomic mass is 35.7. The van der Waals surface area contributed by atoms with E-state index in [2.05, 4.69) is 4.90 Å². The predicted molar refractivity (Wildman–Crippen MR) is 49.1 cm³/mol. The second kappa shape index (κ2) is 4.60. The Kier molecular flexibility index (Phi) is 4.07. The van der Waals surface area contributed by atoms with Gasteiger partial charge < -0.3 is 4.90 Å². The summed E-state index contributed by atoms with van der Waals surface area (Å²) in [5.41, 5.74) is 0. The quantitative estimate of drug-likeness (QED) is 0.482. The van der Waals surface area contributed by atoms with E-state index in [0.29, 0.717) is 0 Å². The second-order valence-electron chi connectivity index (χ2n) is 2.75. The van der Waals surface area contributed by atoms with Gasteiger partial charge in [0.05, 0.1) is 0 Å². The number of hydrogen-bond acceptors (Lipinski definition) is 1. The highest BCUT2D eigenvalue weighted by Crippen LogP contribution is 2.10. The van der Waals surface area contributed by atoms with Crippen LogP contribution in [0.5, 0.6) is 0 Å². The van der Waals surface area contributed by atoms with E-state index in [1.54, 1.807) is 0 Å². The standard InChI is InChI=1S/C6H13Cl2NSi/c7-10(8)6-9-4-2-1-3-5-9/h10H,1-6H2. The van der Waals surface area contributed by atoms with Crippen molar-refractivity contribution in [1.82, 2.24) is 4.90 Å². The van der Waals surface area contributed by atoms with E-state index in [1.807, 2.05) is 0 Å². The minimum atomic E-state index is -1.37. The van der Waals surface area contributed by atoms with Crippen LogP contribution in [0.4, 0.5) is 0 Å². The lowest BCUT2D eigenvalue weighted by molar-refractivity contribution is 0.262. The van der Waals surface area contributed by atoms with Crippen LogP contribution in [0.15, 0.2) is 0 Å². The molecule has 1 heterocycles. The normalized spacial score (nSPS) is 21.9. The van der Waals surface area contributed by atoms with Gasteiger partial charge in [0.25, 0.3) is 7.42 Å². The predicted octanol–water partition coefficient (Wildman–Crippen LogP) is 1.71. The monoisotopic (exact) mass is 197 g/mol. The first-order chi connectivity index (χ1) is 4.79. The molecule has 0 aliphatic carbocycles. The molecule has 60 valence electrons. The van der Waals surface area contributed by atoms with Gasteiger partial charge in [-0.05, 0) is 25.9 Å². The molecular formula is C6H13Cl2NSi. The topological polar surface area (TPSA) is 3.24 Å². The minimum absolute atomic E-state index is 0.975. The number of nitrogens with zero attached hydrogens (tertiary/aromatic N) is 1. The van der Waals surface area contributed by atoms with Gasteiger partial charge in [-0.2, -0.15) is 0 Å². The molecule has 0 unspecified atom stereocenters. The van der Waals surface area contributed by atoms with Crippen molar-refractivity contribution in [3.05, 3.63) is 0 Å². The third-order valence-electron chi connectivity index (χ3n) is 1.84. The van der Waals surface area contributed by atoms with Crippen molar-refractivity contribution in [3.63, 3.8) is 0 Å². The molecule has 0 aromatic rings. The molecule has 0 spiro atoms. The molecule has 0 saturated carbocycles. The van der Waals surface area contributed by atoms with Crippen molar-refractivity contribution >= 4 is 29.6 Å². The van der Waals surface area contributed by atoms with E-state index >= 15 is 0 Å². The molecule has 0 radical (unpaired) electrons. The molecule has 0 amide bonds. The Morgan fingerprint density at radius 1 is 1.10 bits per heavy atom. The summed E-state index contributed by atoms with van der Waals surface area (Å²) in [5, 5.41) is 0. The molecule has 0 aromatic carbocycles. The van der Waals surface area contributed by atoms with Gasteiger partial charge in [0.1, 0.15) is 0 Å². The van der Waals surface area contributed by atoms with E-state index in [9.17, 15) is 0 Å². The summed E-state index contributed by atoms with van der Waals surface area (Å²) < 4.78 is 0. The largest absolute Gasteiger partial charge is 0.304 e. The van der Waals surface area contributed by atoms with Crippen molar-refractivity contribution in [1.29, 1.82) is 0 Å². The van der Waals surface area contributed by atoms with Gasteiger partial charge in [0, 0.05) is 6.17 Å². The maximum Gasteiger partial charge on any atom is 0.250 e. The lowest BCUT2D eigenvalue weighted by atomic mass is 10.1. The third kappa shape index (κ3) is 3.24. The fraction of sp³-hybridized carbons (Fsp3) is 1.00. The number of halogens is 2. The van der Waals surface area contributed by atoms with E-state index in [1.165, 1.54) is 32.4 Å². The molecule has 1 rings (SSSR count). The number of likely N-dealkylation sites (tertiary alicyclic amines) is 1. The summed E-state index contributed by atoms with van der Waals surface area (Å²) in [4.78, 5) is 2.39. The molecule has 0 atom stereocenters. The molecular weight excluding hydrogens is 185 g/mol. The van der Waals surface area contributed by atoms with Gasteiger partial charge in [0.2, 0.25) is 0 Å². The SMILES string of the molecule is Cl[SiH](Cl)CN1CCCCC1. The van der Waals surface area contributed by atoms with Crippen molar-refractivity contribution in [2.45, 2.75) is 19.3 Å². The molecule has 0 aromatic heterocycles. The van der Waals surface area contributed by atoms with Crippen LogP contribution in [0.2, 0.25) is 0 Å². The van der Waals surface area contributed by atoms with Crippen molar-refractivity contribution in [3.8, 4) is 0 Å². The van der Waals surface area contributed by atoms with E-state index in [0.717, 1.165) is 6.17 Å². The van der Waals surface area contributed by atoms with Crippen LogP contribution in [0.3, 0.4) is 0 Å². The Hall–Kier alpha value is 0.757. The van der Waals surface area contributed by atoms with Crippen LogP contribution in [-0.2, 0) is 0 Å². The van der Waals surface area contributed by atoms with E-state index in [4.69, 9.17) is 22.2 Å². The first kappa shape index (κ1) is 8.85. The zero-order valence-corrected chi connectivity index (χ0v) is 8.69. The van der Waals surface area contributed by atoms with Crippen LogP contribution in [0, 0.1) is 0 Å². The van der Waals surface area contributed by atoms with Crippen LogP contribution >= 0.6 is 22.2 Å². The van der Waals surface area contributed by atoms with Crippen LogP contribution in [-0.4, -0.2) is 31.6 Å². The van der Waals surface area contributed by atoms with Gasteiger partial charge in [-0.25, -0.2) is 0 Å². The van der Waals surface area contributed by atoms with Crippen LogP contribution in [0.25, 0.3) is 0 Å². The first-order valence-corrected chi connectivity index (χ1v) is 8.10. The van der Waals surface area contributed by atoms with Gasteiger partial charge in [-0.1, -0.05) is 6.42 Å². The molecule has 10 heavy (non-hydrogen) atoms. The lowest BCUT2D eigenvalue weighted by Gasteiger charge is -2.26. The molecule has 0 bridgehead atoms. The maximum atomic E-state index is 5.77. The molecule has 1 aliphatic rings. The number of piperidine rings is 1. The lowest BCUT2D eigenvalue weighted by Crippen LogP contribution is -2.34. The zero-order chi connectivity index (χ0) is 7.40. The minimum Gasteiger partial charge on any atom is -0.304 e. The molecule has 0 N–H and O–H groups in total. The summed E-state index contributed by atoms with van der Waals surface area (Å²) in [6, 6.07) is 0. The average molecular weight is 198 g/mol. The summed E-state index contributed by atoms with van der Waals surface area (Å²) in [6.07, 6.45) is 5.01. The Labute approximate surface area is 73.3 Å². The highest BCUT2D eigenvalue weighted by Gasteiger charge is 2.13. The van der Waals surface area contributed by atoms with Crippen LogP contribution < -0.4 is 0 Å². The first-order valence-electron chi connectivity index (χ1n) is 3.79. The zero-order valence-electron chi connectivity index (χ0n) is 6.02. The number of rotatable bonds is 2. The van der Waals surface area contributed by atoms with Crippen molar-refractivity contribution in [2.24, 2.45) is 0 Å². The summed E-state index contributed by atoms with van der Waals surface area (Å²) in [6.45, 7) is 2.42. The Bertz CT molecular complexity index is 93.7. The maximum absolute atomic E-state index is 5.77.